The van der Waals surface area contributed by atoms with Crippen LogP contribution in [0.4, 0.5) is 0 Å². The maximum atomic E-state index is 12.4. The van der Waals surface area contributed by atoms with Crippen molar-refractivity contribution in [2.45, 2.75) is 31.2 Å². The molecule has 1 heterocycles. The van der Waals surface area contributed by atoms with Crippen LogP contribution in [0.1, 0.15) is 18.9 Å². The van der Waals surface area contributed by atoms with Gasteiger partial charge in [0.2, 0.25) is 10.0 Å². The first kappa shape index (κ1) is 14.9. The van der Waals surface area contributed by atoms with Crippen LogP contribution in [-0.4, -0.2) is 31.2 Å². The van der Waals surface area contributed by atoms with Crippen molar-refractivity contribution >= 4 is 20.9 Å². The fraction of sp³-hybridized carbons (Fsp3) is 0.357. The van der Waals surface area contributed by atoms with Gasteiger partial charge >= 0.3 is 0 Å². The Bertz CT molecular complexity index is 709. The zero-order valence-electron chi connectivity index (χ0n) is 11.5. The zero-order valence-corrected chi connectivity index (χ0v) is 12.3. The van der Waals surface area contributed by atoms with E-state index >= 15 is 0 Å². The molecule has 0 amide bonds. The lowest BCUT2D eigenvalue weighted by molar-refractivity contribution is 0.254. The normalized spacial score (nSPS) is 13.6. The van der Waals surface area contributed by atoms with Gasteiger partial charge in [-0.15, -0.1) is 0 Å². The Morgan fingerprint density at radius 1 is 1.35 bits per heavy atom. The van der Waals surface area contributed by atoms with E-state index in [0.29, 0.717) is 17.3 Å². The molecular formula is C14H18N2O3S. The number of nitrogens with zero attached hydrogens (tertiary/aromatic N) is 1. The third kappa shape index (κ3) is 2.82. The van der Waals surface area contributed by atoms with Gasteiger partial charge in [-0.25, -0.2) is 13.1 Å². The van der Waals surface area contributed by atoms with Crippen molar-refractivity contribution < 1.29 is 13.5 Å². The van der Waals surface area contributed by atoms with Crippen molar-refractivity contribution in [1.29, 1.82) is 0 Å². The van der Waals surface area contributed by atoms with Gasteiger partial charge in [0.05, 0.1) is 17.0 Å². The lowest BCUT2D eigenvalue weighted by atomic mass is 10.1. The van der Waals surface area contributed by atoms with E-state index < -0.39 is 16.1 Å². The fourth-order valence-electron chi connectivity index (χ4n) is 2.05. The largest absolute Gasteiger partial charge is 0.395 e. The summed E-state index contributed by atoms with van der Waals surface area (Å²) in [5.74, 6) is 0. The number of sulfonamides is 1. The average molecular weight is 294 g/mol. The smallest absolute Gasteiger partial charge is 0.241 e. The highest BCUT2D eigenvalue weighted by atomic mass is 32.2. The van der Waals surface area contributed by atoms with Gasteiger partial charge < -0.3 is 5.11 Å². The SMILES string of the molecule is CC[C@H](CO)NS(=O)(=O)c1ccc(C)c2ncccc12. The molecule has 2 aromatic rings. The number of aliphatic hydroxyl groups excluding tert-OH is 1. The predicted octanol–water partition coefficient (Wildman–Crippen LogP) is 1.59. The maximum Gasteiger partial charge on any atom is 0.241 e. The number of aromatic nitrogens is 1. The molecule has 0 fully saturated rings. The van der Waals surface area contributed by atoms with E-state index in [2.05, 4.69) is 9.71 Å². The maximum absolute atomic E-state index is 12.4. The average Bonchev–Trinajstić information content (AvgIpc) is 2.45. The van der Waals surface area contributed by atoms with Gasteiger partial charge in [0.15, 0.2) is 0 Å². The minimum atomic E-state index is -3.68. The molecule has 6 heteroatoms. The molecule has 2 rings (SSSR count). The van der Waals surface area contributed by atoms with E-state index in [9.17, 15) is 8.42 Å². The second-order valence-corrected chi connectivity index (χ2v) is 6.37. The minimum Gasteiger partial charge on any atom is -0.395 e. The van der Waals surface area contributed by atoms with Crippen molar-refractivity contribution in [1.82, 2.24) is 9.71 Å². The Kier molecular flexibility index (Phi) is 4.37. The Labute approximate surface area is 118 Å². The van der Waals surface area contributed by atoms with Crippen LogP contribution in [0.15, 0.2) is 35.4 Å². The summed E-state index contributed by atoms with van der Waals surface area (Å²) in [7, 11) is -3.68. The van der Waals surface area contributed by atoms with E-state index in [0.717, 1.165) is 5.56 Å². The molecule has 0 aliphatic rings. The lowest BCUT2D eigenvalue weighted by Gasteiger charge is -2.16. The van der Waals surface area contributed by atoms with Crippen LogP contribution in [0.5, 0.6) is 0 Å². The molecule has 20 heavy (non-hydrogen) atoms. The van der Waals surface area contributed by atoms with E-state index in [4.69, 9.17) is 5.11 Å². The van der Waals surface area contributed by atoms with Gasteiger partial charge in [0.25, 0.3) is 0 Å². The first-order valence-corrected chi connectivity index (χ1v) is 7.95. The summed E-state index contributed by atoms with van der Waals surface area (Å²) < 4.78 is 27.4. The van der Waals surface area contributed by atoms with E-state index in [1.165, 1.54) is 0 Å². The molecule has 1 aromatic heterocycles. The number of rotatable bonds is 5. The molecule has 0 aliphatic heterocycles. The molecular weight excluding hydrogens is 276 g/mol. The van der Waals surface area contributed by atoms with Crippen LogP contribution in [0.3, 0.4) is 0 Å². The molecule has 0 saturated carbocycles. The van der Waals surface area contributed by atoms with Crippen molar-refractivity contribution in [2.24, 2.45) is 0 Å². The number of hydrogen-bond donors (Lipinski definition) is 2. The Morgan fingerprint density at radius 3 is 2.75 bits per heavy atom. The summed E-state index contributed by atoms with van der Waals surface area (Å²) in [6, 6.07) is 6.29. The predicted molar refractivity (Wildman–Crippen MR) is 78.0 cm³/mol. The first-order valence-electron chi connectivity index (χ1n) is 6.47. The highest BCUT2D eigenvalue weighted by Gasteiger charge is 2.21. The summed E-state index contributed by atoms with van der Waals surface area (Å²) >= 11 is 0. The molecule has 1 atom stereocenters. The molecule has 108 valence electrons. The van der Waals surface area contributed by atoms with Gasteiger partial charge in [-0.3, -0.25) is 4.98 Å². The molecule has 0 aliphatic carbocycles. The van der Waals surface area contributed by atoms with E-state index in [1.54, 1.807) is 30.5 Å². The van der Waals surface area contributed by atoms with Crippen LogP contribution in [0.25, 0.3) is 10.9 Å². The van der Waals surface area contributed by atoms with Crippen molar-refractivity contribution in [2.75, 3.05) is 6.61 Å². The monoisotopic (exact) mass is 294 g/mol. The lowest BCUT2D eigenvalue weighted by Crippen LogP contribution is -2.37. The van der Waals surface area contributed by atoms with Gasteiger partial charge in [-0.05, 0) is 37.1 Å². The van der Waals surface area contributed by atoms with Crippen molar-refractivity contribution in [3.63, 3.8) is 0 Å². The fourth-order valence-corrected chi connectivity index (χ4v) is 3.56. The van der Waals surface area contributed by atoms with Gasteiger partial charge in [-0.2, -0.15) is 0 Å². The Hall–Kier alpha value is -1.50. The van der Waals surface area contributed by atoms with Crippen molar-refractivity contribution in [3.05, 3.63) is 36.0 Å². The number of hydrogen-bond acceptors (Lipinski definition) is 4. The molecule has 0 bridgehead atoms. The van der Waals surface area contributed by atoms with Crippen LogP contribution >= 0.6 is 0 Å². The van der Waals surface area contributed by atoms with E-state index in [-0.39, 0.29) is 11.5 Å². The summed E-state index contributed by atoms with van der Waals surface area (Å²) in [5.41, 5.74) is 1.60. The molecule has 0 saturated heterocycles. The molecule has 0 spiro atoms. The minimum absolute atomic E-state index is 0.193. The van der Waals surface area contributed by atoms with Gasteiger partial charge in [0.1, 0.15) is 0 Å². The summed E-state index contributed by atoms with van der Waals surface area (Å²) in [5, 5.41) is 9.74. The van der Waals surface area contributed by atoms with Crippen LogP contribution in [-0.2, 0) is 10.0 Å². The third-order valence-electron chi connectivity index (χ3n) is 3.26. The Balaban J connectivity index is 2.55. The quantitative estimate of drug-likeness (QED) is 0.877. The topological polar surface area (TPSA) is 79.3 Å². The molecule has 5 nitrogen and oxygen atoms in total. The van der Waals surface area contributed by atoms with E-state index in [1.807, 2.05) is 13.8 Å². The summed E-state index contributed by atoms with van der Waals surface area (Å²) in [6.45, 7) is 3.48. The molecule has 0 unspecified atom stereocenters. The van der Waals surface area contributed by atoms with Crippen LogP contribution in [0.2, 0.25) is 0 Å². The summed E-state index contributed by atoms with van der Waals surface area (Å²) in [6.07, 6.45) is 2.17. The summed E-state index contributed by atoms with van der Waals surface area (Å²) in [4.78, 5) is 4.43. The molecule has 1 aromatic carbocycles. The highest BCUT2D eigenvalue weighted by Crippen LogP contribution is 2.24. The third-order valence-corrected chi connectivity index (χ3v) is 4.83. The number of pyridine rings is 1. The number of benzene rings is 1. The Morgan fingerprint density at radius 2 is 2.10 bits per heavy atom. The number of aryl methyl sites for hydroxylation is 1. The second-order valence-electron chi connectivity index (χ2n) is 4.69. The highest BCUT2D eigenvalue weighted by molar-refractivity contribution is 7.89. The first-order chi connectivity index (χ1) is 9.49. The van der Waals surface area contributed by atoms with Crippen LogP contribution < -0.4 is 4.72 Å². The zero-order chi connectivity index (χ0) is 14.8. The number of aliphatic hydroxyl groups is 1. The number of fused-ring (bicyclic) bond motifs is 1. The number of nitrogens with one attached hydrogen (secondary N) is 1. The molecule has 2 N–H and O–H groups in total. The van der Waals surface area contributed by atoms with Gasteiger partial charge in [0, 0.05) is 17.6 Å². The standard InChI is InChI=1S/C14H18N2O3S/c1-3-11(9-17)16-20(18,19)13-7-6-10(2)14-12(13)5-4-8-15-14/h4-8,11,16-17H,3,9H2,1-2H3/t11-/m1/s1. The van der Waals surface area contributed by atoms with Crippen molar-refractivity contribution in [3.8, 4) is 0 Å². The second kappa shape index (κ2) is 5.87. The van der Waals surface area contributed by atoms with Crippen LogP contribution in [0, 0.1) is 6.92 Å². The van der Waals surface area contributed by atoms with Gasteiger partial charge in [-0.1, -0.05) is 13.0 Å². The molecule has 0 radical (unpaired) electrons.